The third kappa shape index (κ3) is 4.57. The topological polar surface area (TPSA) is 76.3 Å². The smallest absolute Gasteiger partial charge is 0.416 e. The normalized spacial score (nSPS) is 18.3. The highest BCUT2D eigenvalue weighted by molar-refractivity contribution is 5.92. The van der Waals surface area contributed by atoms with Gasteiger partial charge in [0.05, 0.1) is 11.8 Å². The number of ether oxygens (including phenoxy) is 1. The molecule has 1 aliphatic heterocycles. The summed E-state index contributed by atoms with van der Waals surface area (Å²) in [4.78, 5) is 2.21. The van der Waals surface area contributed by atoms with Crippen molar-refractivity contribution < 1.29 is 17.9 Å². The van der Waals surface area contributed by atoms with Gasteiger partial charge in [-0.3, -0.25) is 0 Å². The highest BCUT2D eigenvalue weighted by Gasteiger charge is 2.33. The van der Waals surface area contributed by atoms with Crippen molar-refractivity contribution in [2.75, 3.05) is 25.5 Å². The Balaban J connectivity index is 1.61. The Hall–Kier alpha value is -2.91. The predicted octanol–water partition coefficient (Wildman–Crippen LogP) is 4.11. The summed E-state index contributed by atoms with van der Waals surface area (Å²) in [5.41, 5.74) is 5.95. The van der Waals surface area contributed by atoms with Crippen molar-refractivity contribution in [1.29, 1.82) is 0 Å². The molecule has 1 aromatic heterocycles. The zero-order chi connectivity index (χ0) is 22.2. The van der Waals surface area contributed by atoms with Gasteiger partial charge < -0.3 is 20.7 Å². The second-order valence-electron chi connectivity index (χ2n) is 7.87. The molecule has 0 saturated carbocycles. The van der Waals surface area contributed by atoms with E-state index in [0.29, 0.717) is 17.1 Å². The fourth-order valence-corrected chi connectivity index (χ4v) is 3.94. The minimum absolute atomic E-state index is 0.0811. The lowest BCUT2D eigenvalue weighted by Gasteiger charge is -2.21. The second kappa shape index (κ2) is 8.32. The van der Waals surface area contributed by atoms with Crippen LogP contribution in [0.15, 0.2) is 42.6 Å². The molecule has 164 valence electrons. The molecule has 3 N–H and O–H groups in total. The molecule has 31 heavy (non-hydrogen) atoms. The maximum Gasteiger partial charge on any atom is 0.416 e. The van der Waals surface area contributed by atoms with Crippen molar-refractivity contribution in [3.05, 3.63) is 59.3 Å². The summed E-state index contributed by atoms with van der Waals surface area (Å²) in [6.45, 7) is 3.26. The Bertz CT molecular complexity index is 1090. The van der Waals surface area contributed by atoms with Gasteiger partial charge in [0.15, 0.2) is 5.82 Å². The van der Waals surface area contributed by atoms with Crippen LogP contribution in [0.4, 0.5) is 19.0 Å². The molecule has 3 aromatic rings. The standard InChI is InChI=1S/C22H24F3N5O/c1-13-17(4-3-5-19(13)22(23,24)25)20(26)28-21-18-10-15(7-6-14(18)11-27-29-21)31-16-8-9-30(2)12-16/h3-7,10-11,16,20H,8-9,12,26H2,1-2H3,(H,28,29)/t16?,20-/m0/s1. The molecule has 1 unspecified atom stereocenters. The van der Waals surface area contributed by atoms with Gasteiger partial charge in [0.1, 0.15) is 18.0 Å². The summed E-state index contributed by atoms with van der Waals surface area (Å²) in [6, 6.07) is 9.59. The van der Waals surface area contributed by atoms with Crippen molar-refractivity contribution in [2.45, 2.75) is 31.8 Å². The Morgan fingerprint density at radius 1 is 1.26 bits per heavy atom. The van der Waals surface area contributed by atoms with E-state index in [1.807, 2.05) is 18.2 Å². The van der Waals surface area contributed by atoms with Crippen molar-refractivity contribution in [1.82, 2.24) is 15.1 Å². The van der Waals surface area contributed by atoms with E-state index in [1.54, 1.807) is 12.3 Å². The first-order valence-corrected chi connectivity index (χ1v) is 10.0. The van der Waals surface area contributed by atoms with Crippen LogP contribution in [-0.2, 0) is 6.18 Å². The third-order valence-corrected chi connectivity index (χ3v) is 5.59. The van der Waals surface area contributed by atoms with Crippen LogP contribution in [0.1, 0.15) is 29.3 Å². The number of likely N-dealkylation sites (N-methyl/N-ethyl adjacent to an activating group) is 1. The maximum atomic E-state index is 13.3. The van der Waals surface area contributed by atoms with Gasteiger partial charge in [-0.15, -0.1) is 5.10 Å². The van der Waals surface area contributed by atoms with E-state index in [4.69, 9.17) is 10.5 Å². The number of hydrogen-bond acceptors (Lipinski definition) is 6. The fraction of sp³-hybridized carbons (Fsp3) is 0.364. The van der Waals surface area contributed by atoms with Crippen LogP contribution in [0, 0.1) is 6.92 Å². The summed E-state index contributed by atoms with van der Waals surface area (Å²) >= 11 is 0. The molecular weight excluding hydrogens is 407 g/mol. The number of hydrogen-bond donors (Lipinski definition) is 2. The third-order valence-electron chi connectivity index (χ3n) is 5.59. The number of nitrogens with one attached hydrogen (secondary N) is 1. The van der Waals surface area contributed by atoms with E-state index < -0.39 is 17.9 Å². The number of nitrogens with zero attached hydrogens (tertiary/aromatic N) is 3. The van der Waals surface area contributed by atoms with Gasteiger partial charge in [0, 0.05) is 23.9 Å². The minimum atomic E-state index is -4.44. The van der Waals surface area contributed by atoms with Crippen molar-refractivity contribution in [3.8, 4) is 5.75 Å². The Morgan fingerprint density at radius 2 is 2.06 bits per heavy atom. The molecule has 2 aromatic carbocycles. The monoisotopic (exact) mass is 431 g/mol. The van der Waals surface area contributed by atoms with Crippen LogP contribution in [-0.4, -0.2) is 41.3 Å². The summed E-state index contributed by atoms with van der Waals surface area (Å²) in [7, 11) is 2.05. The van der Waals surface area contributed by atoms with Crippen molar-refractivity contribution in [2.24, 2.45) is 5.73 Å². The molecule has 4 rings (SSSR count). The summed E-state index contributed by atoms with van der Waals surface area (Å²) in [5.74, 6) is 1.09. The van der Waals surface area contributed by atoms with Gasteiger partial charge in [-0.1, -0.05) is 12.1 Å². The molecule has 0 bridgehead atoms. The van der Waals surface area contributed by atoms with E-state index in [0.717, 1.165) is 36.3 Å². The number of anilines is 1. The molecule has 0 spiro atoms. The van der Waals surface area contributed by atoms with Crippen LogP contribution in [0.5, 0.6) is 5.75 Å². The van der Waals surface area contributed by atoms with Crippen LogP contribution < -0.4 is 15.8 Å². The van der Waals surface area contributed by atoms with Crippen LogP contribution in [0.3, 0.4) is 0 Å². The number of alkyl halides is 3. The number of halogens is 3. The van der Waals surface area contributed by atoms with Crippen LogP contribution in [0.2, 0.25) is 0 Å². The maximum absolute atomic E-state index is 13.3. The van der Waals surface area contributed by atoms with Gasteiger partial charge in [-0.25, -0.2) is 0 Å². The molecule has 0 radical (unpaired) electrons. The van der Waals surface area contributed by atoms with Crippen molar-refractivity contribution >= 4 is 16.6 Å². The van der Waals surface area contributed by atoms with Gasteiger partial charge in [-0.2, -0.15) is 18.3 Å². The van der Waals surface area contributed by atoms with E-state index in [1.165, 1.54) is 13.0 Å². The van der Waals surface area contributed by atoms with E-state index >= 15 is 0 Å². The number of likely N-dealkylation sites (tertiary alicyclic amines) is 1. The number of aromatic nitrogens is 2. The molecule has 1 saturated heterocycles. The molecule has 1 aliphatic rings. The van der Waals surface area contributed by atoms with E-state index in [9.17, 15) is 13.2 Å². The fourth-order valence-electron chi connectivity index (χ4n) is 3.94. The van der Waals surface area contributed by atoms with E-state index in [-0.39, 0.29) is 11.7 Å². The van der Waals surface area contributed by atoms with E-state index in [2.05, 4.69) is 27.5 Å². The first kappa shape index (κ1) is 21.3. The highest BCUT2D eigenvalue weighted by Crippen LogP contribution is 2.35. The van der Waals surface area contributed by atoms with Crippen LogP contribution >= 0.6 is 0 Å². The van der Waals surface area contributed by atoms with Gasteiger partial charge >= 0.3 is 6.18 Å². The molecule has 2 atom stereocenters. The highest BCUT2D eigenvalue weighted by atomic mass is 19.4. The number of nitrogens with two attached hydrogens (primary N) is 1. The first-order chi connectivity index (χ1) is 14.7. The molecule has 6 nitrogen and oxygen atoms in total. The average molecular weight is 431 g/mol. The second-order valence-corrected chi connectivity index (χ2v) is 7.87. The summed E-state index contributed by atoms with van der Waals surface area (Å²) in [6.07, 6.45) is -2.65. The SMILES string of the molecule is Cc1c([C@@H](N)Nc2nncc3ccc(OC4CCN(C)C4)cc23)cccc1C(F)(F)F. The Kier molecular flexibility index (Phi) is 5.72. The average Bonchev–Trinajstić information content (AvgIpc) is 3.12. The molecule has 1 fully saturated rings. The Morgan fingerprint density at radius 3 is 2.77 bits per heavy atom. The largest absolute Gasteiger partial charge is 0.489 e. The summed E-state index contributed by atoms with van der Waals surface area (Å²) < 4.78 is 45.9. The lowest BCUT2D eigenvalue weighted by Crippen LogP contribution is -2.23. The number of fused-ring (bicyclic) bond motifs is 1. The zero-order valence-electron chi connectivity index (χ0n) is 17.3. The zero-order valence-corrected chi connectivity index (χ0v) is 17.3. The van der Waals surface area contributed by atoms with Gasteiger partial charge in [-0.05, 0) is 55.8 Å². The van der Waals surface area contributed by atoms with Gasteiger partial charge in [0.25, 0.3) is 0 Å². The first-order valence-electron chi connectivity index (χ1n) is 10.0. The van der Waals surface area contributed by atoms with Gasteiger partial charge in [0.2, 0.25) is 0 Å². The van der Waals surface area contributed by atoms with Crippen molar-refractivity contribution in [3.63, 3.8) is 0 Å². The molecule has 0 amide bonds. The molecular formula is C22H24F3N5O. The Labute approximate surface area is 178 Å². The molecule has 2 heterocycles. The molecule has 0 aliphatic carbocycles. The predicted molar refractivity (Wildman–Crippen MR) is 113 cm³/mol. The summed E-state index contributed by atoms with van der Waals surface area (Å²) in [5, 5.41) is 12.7. The lowest BCUT2D eigenvalue weighted by atomic mass is 10.00. The minimum Gasteiger partial charge on any atom is -0.489 e. The number of rotatable bonds is 5. The quantitative estimate of drug-likeness (QED) is 0.592. The number of benzene rings is 2. The molecule has 9 heteroatoms. The lowest BCUT2D eigenvalue weighted by molar-refractivity contribution is -0.138. The van der Waals surface area contributed by atoms with Crippen LogP contribution in [0.25, 0.3) is 10.8 Å².